The van der Waals surface area contributed by atoms with Crippen molar-refractivity contribution in [1.29, 1.82) is 5.26 Å². The molecule has 1 heterocycles. The average Bonchev–Trinajstić information content (AvgIpc) is 2.85. The van der Waals surface area contributed by atoms with Crippen LogP contribution in [0.4, 0.5) is 4.39 Å². The highest BCUT2D eigenvalue weighted by Crippen LogP contribution is 2.29. The Morgan fingerprint density at radius 2 is 1.95 bits per heavy atom. The minimum Gasteiger partial charge on any atom is -0.365 e. The van der Waals surface area contributed by atoms with E-state index in [1.165, 1.54) is 29.5 Å². The molecule has 1 aromatic carbocycles. The van der Waals surface area contributed by atoms with Crippen LogP contribution in [0.3, 0.4) is 0 Å². The van der Waals surface area contributed by atoms with Crippen molar-refractivity contribution in [2.24, 2.45) is 5.73 Å². The fraction of sp³-hybridized carbons (Fsp3) is 0. The summed E-state index contributed by atoms with van der Waals surface area (Å²) in [6.45, 7) is 0. The zero-order valence-corrected chi connectivity index (χ0v) is 10.6. The number of nitrogens with two attached hydrogens (primary N) is 1. The number of carbonyl (C=O) groups excluding carboxylic acids is 1. The van der Waals surface area contributed by atoms with Crippen LogP contribution in [0.5, 0.6) is 0 Å². The summed E-state index contributed by atoms with van der Waals surface area (Å²) in [6.07, 6.45) is 1.44. The standard InChI is InChI=1S/C14H9FN2OS/c15-11-3-1-9(2-4-11)13-6-5-12(19-13)7-10(8-16)14(17)18/h1-7H,(H2,17,18)/b10-7+. The summed E-state index contributed by atoms with van der Waals surface area (Å²) in [7, 11) is 0. The highest BCUT2D eigenvalue weighted by atomic mass is 32.1. The summed E-state index contributed by atoms with van der Waals surface area (Å²) in [5, 5.41) is 8.76. The van der Waals surface area contributed by atoms with Crippen molar-refractivity contribution in [3.05, 3.63) is 52.7 Å². The maximum absolute atomic E-state index is 12.8. The normalized spacial score (nSPS) is 11.1. The predicted molar refractivity (Wildman–Crippen MR) is 72.5 cm³/mol. The molecule has 0 fully saturated rings. The zero-order valence-electron chi connectivity index (χ0n) is 9.76. The van der Waals surface area contributed by atoms with Crippen LogP contribution in [0.2, 0.25) is 0 Å². The van der Waals surface area contributed by atoms with Crippen molar-refractivity contribution in [1.82, 2.24) is 0 Å². The van der Waals surface area contributed by atoms with E-state index >= 15 is 0 Å². The summed E-state index contributed by atoms with van der Waals surface area (Å²) in [4.78, 5) is 12.6. The highest BCUT2D eigenvalue weighted by molar-refractivity contribution is 7.16. The Labute approximate surface area is 113 Å². The van der Waals surface area contributed by atoms with Crippen molar-refractivity contribution in [3.63, 3.8) is 0 Å². The number of carbonyl (C=O) groups is 1. The Kier molecular flexibility index (Phi) is 3.74. The van der Waals surface area contributed by atoms with Gasteiger partial charge in [-0.05, 0) is 35.9 Å². The molecule has 0 bridgehead atoms. The minimum atomic E-state index is -0.751. The second-order valence-corrected chi connectivity index (χ2v) is 4.86. The van der Waals surface area contributed by atoms with Gasteiger partial charge >= 0.3 is 0 Å². The second kappa shape index (κ2) is 5.46. The molecule has 2 N–H and O–H groups in total. The molecule has 2 aromatic rings. The lowest BCUT2D eigenvalue weighted by Gasteiger charge is -1.95. The molecular formula is C14H9FN2OS. The lowest BCUT2D eigenvalue weighted by atomic mass is 10.2. The van der Waals surface area contributed by atoms with Crippen LogP contribution in [-0.2, 0) is 4.79 Å². The third kappa shape index (κ3) is 3.06. The average molecular weight is 272 g/mol. The first-order valence-electron chi connectivity index (χ1n) is 5.37. The SMILES string of the molecule is N#C/C(=C\c1ccc(-c2ccc(F)cc2)s1)C(N)=O. The van der Waals surface area contributed by atoms with E-state index in [0.717, 1.165) is 15.3 Å². The van der Waals surface area contributed by atoms with Gasteiger partial charge < -0.3 is 5.73 Å². The summed E-state index contributed by atoms with van der Waals surface area (Å²) in [5.74, 6) is -1.04. The molecule has 0 aliphatic carbocycles. The molecule has 0 radical (unpaired) electrons. The molecule has 1 aromatic heterocycles. The van der Waals surface area contributed by atoms with Crippen LogP contribution in [0.1, 0.15) is 4.88 Å². The van der Waals surface area contributed by atoms with E-state index in [1.54, 1.807) is 24.3 Å². The fourth-order valence-corrected chi connectivity index (χ4v) is 2.46. The van der Waals surface area contributed by atoms with Gasteiger partial charge in [-0.1, -0.05) is 12.1 Å². The molecule has 19 heavy (non-hydrogen) atoms. The summed E-state index contributed by atoms with van der Waals surface area (Å²) in [5.41, 5.74) is 5.85. The van der Waals surface area contributed by atoms with Gasteiger partial charge in [-0.25, -0.2) is 4.39 Å². The molecule has 5 heteroatoms. The van der Waals surface area contributed by atoms with E-state index in [-0.39, 0.29) is 11.4 Å². The Hall–Kier alpha value is -2.45. The molecule has 0 aliphatic heterocycles. The van der Waals surface area contributed by atoms with Gasteiger partial charge in [-0.15, -0.1) is 11.3 Å². The van der Waals surface area contributed by atoms with E-state index in [1.807, 2.05) is 6.07 Å². The number of nitriles is 1. The van der Waals surface area contributed by atoms with Gasteiger partial charge in [-0.2, -0.15) is 5.26 Å². The van der Waals surface area contributed by atoms with E-state index in [4.69, 9.17) is 11.0 Å². The topological polar surface area (TPSA) is 66.9 Å². The maximum atomic E-state index is 12.8. The number of nitrogens with zero attached hydrogens (tertiary/aromatic N) is 1. The van der Waals surface area contributed by atoms with Crippen LogP contribution in [-0.4, -0.2) is 5.91 Å². The maximum Gasteiger partial charge on any atom is 0.259 e. The highest BCUT2D eigenvalue weighted by Gasteiger charge is 2.06. The first-order valence-corrected chi connectivity index (χ1v) is 6.19. The molecule has 0 saturated carbocycles. The fourth-order valence-electron chi connectivity index (χ4n) is 1.50. The number of amides is 1. The van der Waals surface area contributed by atoms with E-state index in [2.05, 4.69) is 0 Å². The summed E-state index contributed by atoms with van der Waals surface area (Å²) < 4.78 is 12.8. The van der Waals surface area contributed by atoms with Crippen LogP contribution in [0, 0.1) is 17.1 Å². The number of hydrogen-bond donors (Lipinski definition) is 1. The predicted octanol–water partition coefficient (Wildman–Crippen LogP) is 2.95. The van der Waals surface area contributed by atoms with E-state index < -0.39 is 5.91 Å². The van der Waals surface area contributed by atoms with Crippen molar-refractivity contribution in [3.8, 4) is 16.5 Å². The smallest absolute Gasteiger partial charge is 0.259 e. The molecule has 2 rings (SSSR count). The first kappa shape index (κ1) is 13.0. The number of benzene rings is 1. The van der Waals surface area contributed by atoms with Crippen molar-refractivity contribution in [2.75, 3.05) is 0 Å². The van der Waals surface area contributed by atoms with Crippen molar-refractivity contribution in [2.45, 2.75) is 0 Å². The third-order valence-corrected chi connectivity index (χ3v) is 3.51. The van der Waals surface area contributed by atoms with Crippen LogP contribution in [0.25, 0.3) is 16.5 Å². The molecule has 0 unspecified atom stereocenters. The van der Waals surface area contributed by atoms with Gasteiger partial charge in [0.1, 0.15) is 17.5 Å². The summed E-state index contributed by atoms with van der Waals surface area (Å²) >= 11 is 1.40. The lowest BCUT2D eigenvalue weighted by molar-refractivity contribution is -0.114. The quantitative estimate of drug-likeness (QED) is 0.689. The number of hydrogen-bond acceptors (Lipinski definition) is 3. The first-order chi connectivity index (χ1) is 9.10. The number of thiophene rings is 1. The molecule has 0 spiro atoms. The number of primary amides is 1. The third-order valence-electron chi connectivity index (χ3n) is 2.43. The number of halogens is 1. The molecule has 0 aliphatic rings. The van der Waals surface area contributed by atoms with Gasteiger partial charge in [0.05, 0.1) is 0 Å². The van der Waals surface area contributed by atoms with Crippen molar-refractivity contribution >= 4 is 23.3 Å². The Morgan fingerprint density at radius 1 is 1.26 bits per heavy atom. The van der Waals surface area contributed by atoms with E-state index in [0.29, 0.717) is 0 Å². The molecule has 1 amide bonds. The summed E-state index contributed by atoms with van der Waals surface area (Å²) in [6, 6.07) is 11.5. The Balaban J connectivity index is 2.32. The molecule has 3 nitrogen and oxygen atoms in total. The monoisotopic (exact) mass is 272 g/mol. The molecule has 0 saturated heterocycles. The number of rotatable bonds is 3. The van der Waals surface area contributed by atoms with Crippen LogP contribution in [0.15, 0.2) is 42.0 Å². The van der Waals surface area contributed by atoms with Gasteiger partial charge in [0.2, 0.25) is 0 Å². The van der Waals surface area contributed by atoms with Crippen LogP contribution >= 0.6 is 11.3 Å². The Morgan fingerprint density at radius 3 is 2.53 bits per heavy atom. The zero-order chi connectivity index (χ0) is 13.8. The minimum absolute atomic E-state index is 0.0903. The van der Waals surface area contributed by atoms with Crippen LogP contribution < -0.4 is 5.73 Å². The molecule has 94 valence electrons. The van der Waals surface area contributed by atoms with Gasteiger partial charge in [0, 0.05) is 9.75 Å². The van der Waals surface area contributed by atoms with Gasteiger partial charge in [0.25, 0.3) is 5.91 Å². The molecular weight excluding hydrogens is 263 g/mol. The largest absolute Gasteiger partial charge is 0.365 e. The van der Waals surface area contributed by atoms with E-state index in [9.17, 15) is 9.18 Å². The Bertz CT molecular complexity index is 680. The van der Waals surface area contributed by atoms with Gasteiger partial charge in [-0.3, -0.25) is 4.79 Å². The second-order valence-electron chi connectivity index (χ2n) is 3.74. The lowest BCUT2D eigenvalue weighted by Crippen LogP contribution is -2.12. The van der Waals surface area contributed by atoms with Crippen molar-refractivity contribution < 1.29 is 9.18 Å². The molecule has 0 atom stereocenters. The van der Waals surface area contributed by atoms with Gasteiger partial charge in [0.15, 0.2) is 0 Å².